The van der Waals surface area contributed by atoms with Gasteiger partial charge in [-0.1, -0.05) is 120 Å². The van der Waals surface area contributed by atoms with Crippen LogP contribution in [-0.2, 0) is 6.42 Å². The van der Waals surface area contributed by atoms with E-state index in [1.165, 1.54) is 107 Å². The van der Waals surface area contributed by atoms with Gasteiger partial charge < -0.3 is 0 Å². The molecule has 0 radical (unpaired) electrons. The van der Waals surface area contributed by atoms with Gasteiger partial charge in [-0.3, -0.25) is 0 Å². The molecule has 1 saturated carbocycles. The van der Waals surface area contributed by atoms with E-state index in [0.717, 1.165) is 11.5 Å². The van der Waals surface area contributed by atoms with E-state index in [9.17, 15) is 0 Å². The second-order valence-electron chi connectivity index (χ2n) is 10.2. The predicted octanol–water partition coefficient (Wildman–Crippen LogP) is 9.41. The molecular weight excluding hydrogens is 412 g/mol. The number of nitrogens with zero attached hydrogens (tertiary/aromatic N) is 2. The molecular formula is C32H46N2. The SMILES string of the molecule is CCCCCCCc1ccc(C=NN=C(c2ccccc2)C2CCC(CCCCC)CC2)cc1. The van der Waals surface area contributed by atoms with Gasteiger partial charge in [0.25, 0.3) is 0 Å². The van der Waals surface area contributed by atoms with Gasteiger partial charge in [0.15, 0.2) is 0 Å². The predicted molar refractivity (Wildman–Crippen MR) is 149 cm³/mol. The van der Waals surface area contributed by atoms with Crippen molar-refractivity contribution in [3.05, 3.63) is 71.3 Å². The van der Waals surface area contributed by atoms with Crippen LogP contribution in [-0.4, -0.2) is 11.9 Å². The molecule has 34 heavy (non-hydrogen) atoms. The van der Waals surface area contributed by atoms with E-state index in [0.29, 0.717) is 5.92 Å². The van der Waals surface area contributed by atoms with Gasteiger partial charge in [-0.2, -0.15) is 10.2 Å². The first-order chi connectivity index (χ1) is 16.8. The van der Waals surface area contributed by atoms with E-state index in [4.69, 9.17) is 5.10 Å². The normalized spacial score (nSPS) is 19.1. The van der Waals surface area contributed by atoms with Crippen LogP contribution in [0.5, 0.6) is 0 Å². The number of rotatable bonds is 14. The molecule has 0 bridgehead atoms. The molecule has 0 amide bonds. The van der Waals surface area contributed by atoms with Gasteiger partial charge in [0.2, 0.25) is 0 Å². The zero-order valence-corrected chi connectivity index (χ0v) is 21.7. The van der Waals surface area contributed by atoms with Gasteiger partial charge in [-0.15, -0.1) is 0 Å². The van der Waals surface area contributed by atoms with Gasteiger partial charge in [0.1, 0.15) is 0 Å². The second kappa shape index (κ2) is 15.6. The molecule has 1 aliphatic carbocycles. The van der Waals surface area contributed by atoms with Crippen LogP contribution < -0.4 is 0 Å². The van der Waals surface area contributed by atoms with E-state index in [-0.39, 0.29) is 0 Å². The van der Waals surface area contributed by atoms with Crippen LogP contribution in [0.4, 0.5) is 0 Å². The zero-order chi connectivity index (χ0) is 23.8. The number of aryl methyl sites for hydroxylation is 1. The number of unbranched alkanes of at least 4 members (excludes halogenated alkanes) is 6. The maximum Gasteiger partial charge on any atom is 0.0733 e. The Hall–Kier alpha value is -2.22. The quantitative estimate of drug-likeness (QED) is 0.153. The summed E-state index contributed by atoms with van der Waals surface area (Å²) in [6.07, 6.45) is 20.4. The Kier molecular flexibility index (Phi) is 12.1. The molecule has 2 aromatic carbocycles. The van der Waals surface area contributed by atoms with Gasteiger partial charge >= 0.3 is 0 Å². The first kappa shape index (κ1) is 26.4. The molecule has 0 atom stereocenters. The maximum absolute atomic E-state index is 4.80. The summed E-state index contributed by atoms with van der Waals surface area (Å²) in [7, 11) is 0. The van der Waals surface area contributed by atoms with Crippen LogP contribution >= 0.6 is 0 Å². The third-order valence-corrected chi connectivity index (χ3v) is 7.44. The molecule has 184 valence electrons. The van der Waals surface area contributed by atoms with Crippen molar-refractivity contribution in [2.24, 2.45) is 22.0 Å². The molecule has 0 unspecified atom stereocenters. The Labute approximate surface area is 209 Å². The van der Waals surface area contributed by atoms with Crippen molar-refractivity contribution in [2.45, 2.75) is 104 Å². The third-order valence-electron chi connectivity index (χ3n) is 7.44. The minimum Gasteiger partial charge on any atom is -0.158 e. The monoisotopic (exact) mass is 458 g/mol. The van der Waals surface area contributed by atoms with Crippen LogP contribution in [0.25, 0.3) is 0 Å². The van der Waals surface area contributed by atoms with Crippen molar-refractivity contribution in [3.63, 3.8) is 0 Å². The van der Waals surface area contributed by atoms with E-state index in [1.807, 2.05) is 6.21 Å². The Morgan fingerprint density at radius 2 is 1.44 bits per heavy atom. The highest BCUT2D eigenvalue weighted by Gasteiger charge is 2.25. The molecule has 0 aliphatic heterocycles. The van der Waals surface area contributed by atoms with E-state index in [2.05, 4.69) is 73.5 Å². The van der Waals surface area contributed by atoms with Gasteiger partial charge in [-0.05, 0) is 61.1 Å². The third kappa shape index (κ3) is 9.20. The summed E-state index contributed by atoms with van der Waals surface area (Å²) < 4.78 is 0. The maximum atomic E-state index is 4.80. The summed E-state index contributed by atoms with van der Waals surface area (Å²) in [5.74, 6) is 1.44. The highest BCUT2D eigenvalue weighted by atomic mass is 15.2. The fourth-order valence-electron chi connectivity index (χ4n) is 5.25. The lowest BCUT2D eigenvalue weighted by atomic mass is 9.76. The molecule has 0 spiro atoms. The lowest BCUT2D eigenvalue weighted by Crippen LogP contribution is -2.22. The van der Waals surface area contributed by atoms with Crippen molar-refractivity contribution in [1.29, 1.82) is 0 Å². The van der Waals surface area contributed by atoms with Crippen molar-refractivity contribution in [3.8, 4) is 0 Å². The lowest BCUT2D eigenvalue weighted by molar-refractivity contribution is 0.299. The number of benzene rings is 2. The standard InChI is InChI=1S/C32H46N2/c1-3-5-7-8-11-15-27-18-20-29(21-19-27)26-33-34-32(30-16-12-9-13-17-30)31-24-22-28(23-25-31)14-10-6-4-2/h9,12-13,16-21,26,28,31H,3-8,10-11,14-15,22-25H2,1-2H3. The summed E-state index contributed by atoms with van der Waals surface area (Å²) in [5, 5.41) is 9.36. The second-order valence-corrected chi connectivity index (χ2v) is 10.2. The molecule has 1 fully saturated rings. The number of hydrogen-bond acceptors (Lipinski definition) is 2. The Morgan fingerprint density at radius 1 is 0.765 bits per heavy atom. The van der Waals surface area contributed by atoms with Crippen molar-refractivity contribution >= 4 is 11.9 Å². The molecule has 1 aliphatic rings. The Bertz CT molecular complexity index is 842. The fourth-order valence-corrected chi connectivity index (χ4v) is 5.25. The Balaban J connectivity index is 1.58. The van der Waals surface area contributed by atoms with Crippen molar-refractivity contribution in [1.82, 2.24) is 0 Å². The fraction of sp³-hybridized carbons (Fsp3) is 0.562. The highest BCUT2D eigenvalue weighted by Crippen LogP contribution is 2.34. The topological polar surface area (TPSA) is 24.7 Å². The van der Waals surface area contributed by atoms with Crippen LogP contribution in [0, 0.1) is 11.8 Å². The van der Waals surface area contributed by atoms with Crippen molar-refractivity contribution < 1.29 is 0 Å². The van der Waals surface area contributed by atoms with Crippen LogP contribution in [0.3, 0.4) is 0 Å². The van der Waals surface area contributed by atoms with Crippen LogP contribution in [0.2, 0.25) is 0 Å². The molecule has 3 rings (SSSR count). The van der Waals surface area contributed by atoms with E-state index >= 15 is 0 Å². The van der Waals surface area contributed by atoms with Gasteiger partial charge in [0.05, 0.1) is 11.9 Å². The first-order valence-corrected chi connectivity index (χ1v) is 14.1. The summed E-state index contributed by atoms with van der Waals surface area (Å²) in [6.45, 7) is 4.57. The average molecular weight is 459 g/mol. The molecule has 0 N–H and O–H groups in total. The molecule has 2 heteroatoms. The van der Waals surface area contributed by atoms with Crippen molar-refractivity contribution in [2.75, 3.05) is 0 Å². The highest BCUT2D eigenvalue weighted by molar-refractivity contribution is 6.02. The first-order valence-electron chi connectivity index (χ1n) is 14.1. The van der Waals surface area contributed by atoms with E-state index in [1.54, 1.807) is 0 Å². The number of hydrogen-bond donors (Lipinski definition) is 0. The molecule has 0 saturated heterocycles. The zero-order valence-electron chi connectivity index (χ0n) is 21.7. The minimum absolute atomic E-state index is 0.525. The summed E-state index contributed by atoms with van der Waals surface area (Å²) in [6, 6.07) is 19.6. The summed E-state index contributed by atoms with van der Waals surface area (Å²) >= 11 is 0. The van der Waals surface area contributed by atoms with E-state index < -0.39 is 0 Å². The summed E-state index contributed by atoms with van der Waals surface area (Å²) in [5.41, 5.74) is 4.96. The van der Waals surface area contributed by atoms with Gasteiger partial charge in [0, 0.05) is 5.92 Å². The molecule has 0 aromatic heterocycles. The average Bonchev–Trinajstić information content (AvgIpc) is 2.89. The Morgan fingerprint density at radius 3 is 2.15 bits per heavy atom. The van der Waals surface area contributed by atoms with Crippen LogP contribution in [0.15, 0.2) is 64.8 Å². The summed E-state index contributed by atoms with van der Waals surface area (Å²) in [4.78, 5) is 0. The molecule has 2 aromatic rings. The van der Waals surface area contributed by atoms with Crippen LogP contribution in [0.1, 0.15) is 114 Å². The molecule has 2 nitrogen and oxygen atoms in total. The lowest BCUT2D eigenvalue weighted by Gasteiger charge is -2.29. The molecule has 0 heterocycles. The minimum atomic E-state index is 0.525. The van der Waals surface area contributed by atoms with Gasteiger partial charge in [-0.25, -0.2) is 0 Å². The smallest absolute Gasteiger partial charge is 0.0733 e. The largest absolute Gasteiger partial charge is 0.158 e.